The number of rotatable bonds is 0. The molecule has 0 aromatic carbocycles. The van der Waals surface area contributed by atoms with E-state index in [4.69, 9.17) is 20.4 Å². The summed E-state index contributed by atoms with van der Waals surface area (Å²) in [7, 11) is 0. The fraction of sp³-hybridized carbons (Fsp3) is 0.947. The van der Waals surface area contributed by atoms with Gasteiger partial charge in [0.15, 0.2) is 0 Å². The van der Waals surface area contributed by atoms with Crippen LogP contribution in [0.2, 0.25) is 0 Å². The molecule has 6 saturated carbocycles. The predicted molar refractivity (Wildman–Crippen MR) is 183 cm³/mol. The topological polar surface area (TPSA) is 81.8 Å². The normalized spacial score (nSPS) is 21.0. The van der Waals surface area contributed by atoms with Crippen LogP contribution in [0.1, 0.15) is 231 Å². The minimum Gasteiger partial charge on any atom is -0.222 e. The molecule has 0 aromatic heterocycles. The molecule has 2 N–H and O–H groups in total. The summed E-state index contributed by atoms with van der Waals surface area (Å²) in [4.78, 5) is 16.7. The summed E-state index contributed by atoms with van der Waals surface area (Å²) >= 11 is 0. The van der Waals surface area contributed by atoms with Crippen LogP contribution in [0, 0.1) is 10.8 Å². The summed E-state index contributed by atoms with van der Waals surface area (Å²) in [6.07, 6.45) is 55.5. The zero-order valence-electron chi connectivity index (χ0n) is 28.3. The Morgan fingerprint density at radius 3 is 0.238 bits per heavy atom. The van der Waals surface area contributed by atoms with Crippen LogP contribution in [0.4, 0.5) is 0 Å². The molecule has 0 aliphatic heterocycles. The molecule has 4 heteroatoms. The zero-order valence-corrected chi connectivity index (χ0v) is 28.3. The maximum Gasteiger partial charge on any atom is 0.231 e. The molecular formula is C38H74N2O2. The summed E-state index contributed by atoms with van der Waals surface area (Å²) < 4.78 is 0. The molecule has 6 aliphatic rings. The fourth-order valence-corrected chi connectivity index (χ4v) is 6.36. The van der Waals surface area contributed by atoms with Crippen LogP contribution in [0.5, 0.6) is 0 Å². The molecule has 0 heterocycles. The second-order valence-corrected chi connectivity index (χ2v) is 12.9. The number of carbonyl (C=O) groups excluding carboxylic acids is 2. The third-order valence-corrected chi connectivity index (χ3v) is 9.00. The van der Waals surface area contributed by atoms with Crippen molar-refractivity contribution in [3.8, 4) is 0 Å². The van der Waals surface area contributed by atoms with Gasteiger partial charge < -0.3 is 0 Å². The largest absolute Gasteiger partial charge is 0.231 e. The maximum absolute atomic E-state index is 8.35. The van der Waals surface area contributed by atoms with Gasteiger partial charge >= 0.3 is 0 Å². The number of hydrogen-bond acceptors (Lipinski definition) is 4. The van der Waals surface area contributed by atoms with Gasteiger partial charge in [0.1, 0.15) is 0 Å². The van der Waals surface area contributed by atoms with E-state index in [0.717, 1.165) is 12.2 Å². The highest BCUT2D eigenvalue weighted by molar-refractivity contribution is 5.26. The monoisotopic (exact) mass is 591 g/mol. The molecule has 0 bridgehead atoms. The molecule has 0 spiro atoms. The number of nitrogens with one attached hydrogen (secondary N) is 2. The predicted octanol–water partition coefficient (Wildman–Crippen LogP) is 13.8. The van der Waals surface area contributed by atoms with Crippen LogP contribution in [0.15, 0.2) is 0 Å². The van der Waals surface area contributed by atoms with E-state index in [2.05, 4.69) is 0 Å². The van der Waals surface area contributed by atoms with Crippen molar-refractivity contribution >= 4 is 12.2 Å². The molecule has 6 rings (SSSR count). The Balaban J connectivity index is 0. The van der Waals surface area contributed by atoms with E-state index in [1.807, 2.05) is 0 Å². The Labute approximate surface area is 263 Å². The van der Waals surface area contributed by atoms with E-state index < -0.39 is 0 Å². The van der Waals surface area contributed by atoms with Crippen molar-refractivity contribution in [1.82, 2.24) is 0 Å². The van der Waals surface area contributed by atoms with Gasteiger partial charge in [-0.15, -0.1) is 0 Å². The number of isocyanates is 2. The molecule has 4 nitrogen and oxygen atoms in total. The molecular weight excluding hydrogens is 516 g/mol. The van der Waals surface area contributed by atoms with Crippen LogP contribution < -0.4 is 0 Å². The lowest BCUT2D eigenvalue weighted by molar-refractivity contribution is 0.504. The molecule has 0 saturated heterocycles. The minimum absolute atomic E-state index is 0.750. The van der Waals surface area contributed by atoms with E-state index in [9.17, 15) is 0 Å². The van der Waals surface area contributed by atoms with Gasteiger partial charge in [-0.2, -0.15) is 0 Å². The SMILES string of the molecule is C1CCCCC1.C1CCCCC1.C1CCCCC1.C1CCCCC1.C1CCCCC1.C1CCCCC1.N=C=O.N=C=O. The third-order valence-electron chi connectivity index (χ3n) is 9.00. The van der Waals surface area contributed by atoms with Crippen molar-refractivity contribution in [2.75, 3.05) is 0 Å². The van der Waals surface area contributed by atoms with Crippen molar-refractivity contribution in [3.05, 3.63) is 0 Å². The molecule has 42 heavy (non-hydrogen) atoms. The second-order valence-electron chi connectivity index (χ2n) is 12.9. The highest BCUT2D eigenvalue weighted by atomic mass is 16.1. The van der Waals surface area contributed by atoms with Gasteiger partial charge in [-0.25, -0.2) is 20.4 Å². The fourth-order valence-electron chi connectivity index (χ4n) is 6.36. The van der Waals surface area contributed by atoms with Gasteiger partial charge in [0.05, 0.1) is 0 Å². The zero-order chi connectivity index (χ0) is 30.9. The average molecular weight is 591 g/mol. The Morgan fingerprint density at radius 2 is 0.214 bits per heavy atom. The first-order valence-corrected chi connectivity index (χ1v) is 18.9. The third kappa shape index (κ3) is 45.7. The van der Waals surface area contributed by atoms with Crippen LogP contribution in [0.25, 0.3) is 0 Å². The van der Waals surface area contributed by atoms with Crippen molar-refractivity contribution in [1.29, 1.82) is 10.8 Å². The first kappa shape index (κ1) is 42.9. The molecule has 0 aromatic rings. The van der Waals surface area contributed by atoms with Crippen LogP contribution >= 0.6 is 0 Å². The molecule has 6 aliphatic carbocycles. The molecule has 0 atom stereocenters. The van der Waals surface area contributed by atoms with Crippen LogP contribution in [0.3, 0.4) is 0 Å². The Bertz CT molecular complexity index is 341. The summed E-state index contributed by atoms with van der Waals surface area (Å²) in [5.41, 5.74) is 0. The Morgan fingerprint density at radius 1 is 0.190 bits per heavy atom. The van der Waals surface area contributed by atoms with Gasteiger partial charge in [-0.1, -0.05) is 231 Å². The van der Waals surface area contributed by atoms with Gasteiger partial charge in [0, 0.05) is 0 Å². The van der Waals surface area contributed by atoms with E-state index in [-0.39, 0.29) is 0 Å². The molecule has 0 unspecified atom stereocenters. The Kier molecular flexibility index (Phi) is 45.1. The standard InChI is InChI=1S/6C6H12.2CHNO/c6*1-2-4-6-5-3-1;2*2-1-3/h6*1-6H2;2*2H. The van der Waals surface area contributed by atoms with Gasteiger partial charge in [-0.3, -0.25) is 0 Å². The van der Waals surface area contributed by atoms with Gasteiger partial charge in [0.25, 0.3) is 0 Å². The molecule has 0 amide bonds. The van der Waals surface area contributed by atoms with Crippen molar-refractivity contribution in [2.45, 2.75) is 231 Å². The minimum atomic E-state index is 0.750. The van der Waals surface area contributed by atoms with Gasteiger partial charge in [-0.05, 0) is 0 Å². The van der Waals surface area contributed by atoms with E-state index in [1.165, 1.54) is 231 Å². The molecule has 0 radical (unpaired) electrons. The quantitative estimate of drug-likeness (QED) is 0.217. The smallest absolute Gasteiger partial charge is 0.222 e. The second kappa shape index (κ2) is 44.2. The van der Waals surface area contributed by atoms with Crippen molar-refractivity contribution in [2.24, 2.45) is 0 Å². The average Bonchev–Trinajstić information content (AvgIpc) is 3.12. The lowest BCUT2D eigenvalue weighted by Gasteiger charge is -2.05. The summed E-state index contributed by atoms with van der Waals surface area (Å²) in [5, 5.41) is 10.8. The van der Waals surface area contributed by atoms with Crippen molar-refractivity contribution < 1.29 is 9.59 Å². The first-order chi connectivity index (χ1) is 20.8. The van der Waals surface area contributed by atoms with Gasteiger partial charge in [0.2, 0.25) is 12.2 Å². The van der Waals surface area contributed by atoms with E-state index in [0.29, 0.717) is 0 Å². The lowest BCUT2D eigenvalue weighted by Crippen LogP contribution is -1.85. The van der Waals surface area contributed by atoms with Crippen molar-refractivity contribution in [3.63, 3.8) is 0 Å². The molecule has 248 valence electrons. The van der Waals surface area contributed by atoms with E-state index in [1.54, 1.807) is 0 Å². The van der Waals surface area contributed by atoms with E-state index >= 15 is 0 Å². The summed E-state index contributed by atoms with van der Waals surface area (Å²) in [6.45, 7) is 0. The summed E-state index contributed by atoms with van der Waals surface area (Å²) in [6, 6.07) is 0. The highest BCUT2D eigenvalue weighted by Crippen LogP contribution is 2.18. The van der Waals surface area contributed by atoms with Crippen LogP contribution in [-0.2, 0) is 9.59 Å². The maximum atomic E-state index is 8.35. The summed E-state index contributed by atoms with van der Waals surface area (Å²) in [5.74, 6) is 0. The van der Waals surface area contributed by atoms with Crippen LogP contribution in [-0.4, -0.2) is 12.2 Å². The number of hydrogen-bond donors (Lipinski definition) is 2. The lowest BCUT2D eigenvalue weighted by atomic mass is 10.0. The Hall–Kier alpha value is -1.24. The highest BCUT2D eigenvalue weighted by Gasteiger charge is 1.98. The molecule has 6 fully saturated rings. The first-order valence-electron chi connectivity index (χ1n) is 18.9.